The number of anilines is 1. The van der Waals surface area contributed by atoms with Crippen LogP contribution < -0.4 is 15.0 Å². The van der Waals surface area contributed by atoms with E-state index in [0.29, 0.717) is 12.3 Å². The molecular formula is C22H24N2O3. The van der Waals surface area contributed by atoms with Gasteiger partial charge in [-0.2, -0.15) is 0 Å². The highest BCUT2D eigenvalue weighted by atomic mass is 16.5. The molecule has 0 aliphatic heterocycles. The minimum absolute atomic E-state index is 0.135. The Balaban J connectivity index is 1.55. The average Bonchev–Trinajstić information content (AvgIpc) is 3.20. The van der Waals surface area contributed by atoms with E-state index in [2.05, 4.69) is 17.1 Å². The number of furan rings is 1. The number of carbonyl (C=O) groups excluding carboxylic acids is 1. The summed E-state index contributed by atoms with van der Waals surface area (Å²) in [7, 11) is 2.01. The minimum atomic E-state index is -0.236. The van der Waals surface area contributed by atoms with Crippen molar-refractivity contribution in [1.29, 1.82) is 0 Å². The summed E-state index contributed by atoms with van der Waals surface area (Å²) in [5.41, 5.74) is 1.83. The fraction of sp³-hybridized carbons (Fsp3) is 0.227. The molecule has 1 amide bonds. The highest BCUT2D eigenvalue weighted by Gasteiger charge is 2.18. The maximum Gasteiger partial charge on any atom is 0.287 e. The third-order valence-corrected chi connectivity index (χ3v) is 4.47. The van der Waals surface area contributed by atoms with Gasteiger partial charge in [-0.05, 0) is 37.3 Å². The fourth-order valence-corrected chi connectivity index (χ4v) is 2.70. The van der Waals surface area contributed by atoms with Crippen LogP contribution in [-0.4, -0.2) is 25.5 Å². The molecule has 3 rings (SSSR count). The minimum Gasteiger partial charge on any atom is -0.489 e. The Hall–Kier alpha value is -3.21. The Bertz CT molecular complexity index is 846. The lowest BCUT2D eigenvalue weighted by Gasteiger charge is -2.27. The van der Waals surface area contributed by atoms with Crippen molar-refractivity contribution in [2.24, 2.45) is 0 Å². The lowest BCUT2D eigenvalue weighted by molar-refractivity contribution is 0.0920. The molecule has 0 aliphatic rings. The molecule has 5 heteroatoms. The van der Waals surface area contributed by atoms with Gasteiger partial charge in [0.2, 0.25) is 0 Å². The second-order valence-corrected chi connectivity index (χ2v) is 6.38. The Kier molecular flexibility index (Phi) is 6.15. The van der Waals surface area contributed by atoms with Crippen molar-refractivity contribution in [2.75, 3.05) is 18.5 Å². The molecule has 0 radical (unpaired) electrons. The molecule has 1 aromatic heterocycles. The van der Waals surface area contributed by atoms with E-state index in [1.165, 1.54) is 6.26 Å². The van der Waals surface area contributed by atoms with Crippen molar-refractivity contribution >= 4 is 11.6 Å². The molecule has 0 saturated heterocycles. The first-order valence-electron chi connectivity index (χ1n) is 8.95. The van der Waals surface area contributed by atoms with Crippen LogP contribution in [0.2, 0.25) is 0 Å². The third kappa shape index (κ3) is 4.91. The second kappa shape index (κ2) is 8.94. The van der Waals surface area contributed by atoms with Crippen LogP contribution in [0.1, 0.15) is 23.0 Å². The molecular weight excluding hydrogens is 340 g/mol. The number of ether oxygens (including phenoxy) is 1. The molecule has 27 heavy (non-hydrogen) atoms. The highest BCUT2D eigenvalue weighted by Crippen LogP contribution is 2.16. The van der Waals surface area contributed by atoms with Crippen LogP contribution in [0.25, 0.3) is 0 Å². The Morgan fingerprint density at radius 2 is 1.74 bits per heavy atom. The number of hydrogen-bond donors (Lipinski definition) is 1. The number of nitrogens with one attached hydrogen (secondary N) is 1. The second-order valence-electron chi connectivity index (χ2n) is 6.38. The normalized spacial score (nSPS) is 11.6. The predicted molar refractivity (Wildman–Crippen MR) is 106 cm³/mol. The van der Waals surface area contributed by atoms with Crippen LogP contribution in [0, 0.1) is 0 Å². The van der Waals surface area contributed by atoms with Gasteiger partial charge < -0.3 is 19.4 Å². The molecule has 0 fully saturated rings. The Morgan fingerprint density at radius 1 is 1.07 bits per heavy atom. The van der Waals surface area contributed by atoms with Gasteiger partial charge in [0.1, 0.15) is 12.4 Å². The molecule has 5 nitrogen and oxygen atoms in total. The number of amides is 1. The Labute approximate surface area is 159 Å². The molecule has 2 aromatic carbocycles. The first kappa shape index (κ1) is 18.6. The summed E-state index contributed by atoms with van der Waals surface area (Å²) in [6.07, 6.45) is 1.51. The number of rotatable bonds is 8. The van der Waals surface area contributed by atoms with Crippen molar-refractivity contribution in [3.05, 3.63) is 84.3 Å². The maximum absolute atomic E-state index is 12.5. The summed E-state index contributed by atoms with van der Waals surface area (Å²) in [6.45, 7) is 2.85. The van der Waals surface area contributed by atoms with E-state index in [9.17, 15) is 4.79 Å². The molecule has 140 valence electrons. The molecule has 3 aromatic rings. The standard InChI is InChI=1S/C22H24N2O3/c1-17(24(2)19-9-5-3-6-10-19)15-23-22(25)21-18(13-14-26-21)16-27-20-11-7-4-8-12-20/h3-14,17H,15-16H2,1-2H3,(H,23,25)/t17-/m1/s1. The van der Waals surface area contributed by atoms with Gasteiger partial charge in [0, 0.05) is 30.9 Å². The van der Waals surface area contributed by atoms with Crippen molar-refractivity contribution in [3.63, 3.8) is 0 Å². The molecule has 1 atom stereocenters. The van der Waals surface area contributed by atoms with E-state index in [0.717, 1.165) is 17.0 Å². The lowest BCUT2D eigenvalue weighted by Crippen LogP contribution is -2.40. The maximum atomic E-state index is 12.5. The van der Waals surface area contributed by atoms with Gasteiger partial charge in [0.15, 0.2) is 5.76 Å². The zero-order valence-electron chi connectivity index (χ0n) is 15.6. The zero-order valence-corrected chi connectivity index (χ0v) is 15.6. The highest BCUT2D eigenvalue weighted by molar-refractivity contribution is 5.92. The summed E-state index contributed by atoms with van der Waals surface area (Å²) in [4.78, 5) is 14.6. The van der Waals surface area contributed by atoms with E-state index in [-0.39, 0.29) is 18.6 Å². The molecule has 1 heterocycles. The molecule has 0 bridgehead atoms. The van der Waals surface area contributed by atoms with Crippen LogP contribution in [-0.2, 0) is 6.61 Å². The van der Waals surface area contributed by atoms with E-state index < -0.39 is 0 Å². The molecule has 0 saturated carbocycles. The number of nitrogens with zero attached hydrogens (tertiary/aromatic N) is 1. The van der Waals surface area contributed by atoms with E-state index in [1.54, 1.807) is 6.07 Å². The predicted octanol–water partition coefficient (Wildman–Crippen LogP) is 4.11. The van der Waals surface area contributed by atoms with Crippen LogP contribution in [0.3, 0.4) is 0 Å². The molecule has 1 N–H and O–H groups in total. The number of hydrogen-bond acceptors (Lipinski definition) is 4. The SMILES string of the molecule is C[C@H](CNC(=O)c1occc1COc1ccccc1)N(C)c1ccccc1. The number of carbonyl (C=O) groups is 1. The summed E-state index contributed by atoms with van der Waals surface area (Å²) < 4.78 is 11.1. The van der Waals surface area contributed by atoms with Gasteiger partial charge in [0.05, 0.1) is 6.26 Å². The van der Waals surface area contributed by atoms with Gasteiger partial charge in [-0.1, -0.05) is 36.4 Å². The average molecular weight is 364 g/mol. The molecule has 0 aliphatic carbocycles. The van der Waals surface area contributed by atoms with Crippen LogP contribution in [0.4, 0.5) is 5.69 Å². The van der Waals surface area contributed by atoms with Gasteiger partial charge in [0.25, 0.3) is 5.91 Å². The van der Waals surface area contributed by atoms with Crippen LogP contribution >= 0.6 is 0 Å². The zero-order chi connectivity index (χ0) is 19.1. The van der Waals surface area contributed by atoms with Crippen molar-refractivity contribution in [2.45, 2.75) is 19.6 Å². The van der Waals surface area contributed by atoms with Crippen molar-refractivity contribution in [1.82, 2.24) is 5.32 Å². The lowest BCUT2D eigenvalue weighted by atomic mass is 10.2. The summed E-state index contributed by atoms with van der Waals surface area (Å²) in [5.74, 6) is 0.809. The van der Waals surface area contributed by atoms with E-state index >= 15 is 0 Å². The number of benzene rings is 2. The number of likely N-dealkylation sites (N-methyl/N-ethyl adjacent to an activating group) is 1. The van der Waals surface area contributed by atoms with E-state index in [4.69, 9.17) is 9.15 Å². The van der Waals surface area contributed by atoms with Gasteiger partial charge >= 0.3 is 0 Å². The quantitative estimate of drug-likeness (QED) is 0.653. The first-order chi connectivity index (χ1) is 13.1. The Morgan fingerprint density at radius 3 is 2.44 bits per heavy atom. The van der Waals surface area contributed by atoms with Crippen molar-refractivity contribution < 1.29 is 13.9 Å². The topological polar surface area (TPSA) is 54.7 Å². The molecule has 0 spiro atoms. The largest absolute Gasteiger partial charge is 0.489 e. The van der Waals surface area contributed by atoms with Gasteiger partial charge in [-0.15, -0.1) is 0 Å². The van der Waals surface area contributed by atoms with Gasteiger partial charge in [-0.25, -0.2) is 0 Å². The van der Waals surface area contributed by atoms with Crippen molar-refractivity contribution in [3.8, 4) is 5.75 Å². The summed E-state index contributed by atoms with van der Waals surface area (Å²) in [6, 6.07) is 21.5. The number of para-hydroxylation sites is 2. The summed E-state index contributed by atoms with van der Waals surface area (Å²) >= 11 is 0. The third-order valence-electron chi connectivity index (χ3n) is 4.47. The molecule has 0 unspecified atom stereocenters. The van der Waals surface area contributed by atoms with E-state index in [1.807, 2.05) is 67.7 Å². The van der Waals surface area contributed by atoms with Gasteiger partial charge in [-0.3, -0.25) is 4.79 Å². The smallest absolute Gasteiger partial charge is 0.287 e. The first-order valence-corrected chi connectivity index (χ1v) is 8.95. The van der Waals surface area contributed by atoms with Crippen LogP contribution in [0.5, 0.6) is 5.75 Å². The van der Waals surface area contributed by atoms with Crippen LogP contribution in [0.15, 0.2) is 77.4 Å². The monoisotopic (exact) mass is 364 g/mol. The fourth-order valence-electron chi connectivity index (χ4n) is 2.70. The summed E-state index contributed by atoms with van der Waals surface area (Å²) in [5, 5.41) is 2.94.